The van der Waals surface area contributed by atoms with Crippen molar-refractivity contribution in [3.63, 3.8) is 0 Å². The van der Waals surface area contributed by atoms with Crippen molar-refractivity contribution in [3.8, 4) is 0 Å². The van der Waals surface area contributed by atoms with Gasteiger partial charge in [-0.15, -0.1) is 0 Å². The highest BCUT2D eigenvalue weighted by Gasteiger charge is 2.15. The molecule has 5 nitrogen and oxygen atoms in total. The molecule has 0 aliphatic rings. The number of hydrogen-bond donors (Lipinski definition) is 1. The second-order valence-electron chi connectivity index (χ2n) is 5.51. The van der Waals surface area contributed by atoms with E-state index < -0.39 is 17.5 Å². The van der Waals surface area contributed by atoms with E-state index in [1.54, 1.807) is 41.7 Å². The van der Waals surface area contributed by atoms with Crippen molar-refractivity contribution in [2.45, 2.75) is 13.1 Å². The third-order valence-electron chi connectivity index (χ3n) is 3.43. The zero-order chi connectivity index (χ0) is 17.6. The topological polar surface area (TPSA) is 58.6 Å². The lowest BCUT2D eigenvalue weighted by Crippen LogP contribution is -2.32. The van der Waals surface area contributed by atoms with Gasteiger partial charge in [0.2, 0.25) is 5.91 Å². The average Bonchev–Trinajstić information content (AvgIpc) is 3.19. The van der Waals surface area contributed by atoms with Gasteiger partial charge in [0.05, 0.1) is 32.2 Å². The highest BCUT2D eigenvalue weighted by molar-refractivity contribution is 5.92. The Balaban J connectivity index is 1.66. The Morgan fingerprint density at radius 2 is 1.52 bits per heavy atom. The standard InChI is InChI=1S/C18H16F2N2O3/c19-13-7-14(20)9-15(8-13)21-18(23)12-22(10-16-3-1-5-24-16)11-17-4-2-6-25-17/h1-9H,10-12H2,(H,21,23). The number of anilines is 1. The van der Waals surface area contributed by atoms with E-state index in [0.29, 0.717) is 24.6 Å². The normalized spacial score (nSPS) is 11.0. The summed E-state index contributed by atoms with van der Waals surface area (Å²) in [5.74, 6) is -0.521. The summed E-state index contributed by atoms with van der Waals surface area (Å²) in [6.45, 7) is 0.775. The number of hydrogen-bond acceptors (Lipinski definition) is 4. The first-order valence-corrected chi connectivity index (χ1v) is 7.61. The molecule has 25 heavy (non-hydrogen) atoms. The first kappa shape index (κ1) is 16.9. The Labute approximate surface area is 142 Å². The summed E-state index contributed by atoms with van der Waals surface area (Å²) >= 11 is 0. The van der Waals surface area contributed by atoms with Crippen LogP contribution in [0.15, 0.2) is 63.8 Å². The molecule has 0 saturated carbocycles. The van der Waals surface area contributed by atoms with Crippen LogP contribution in [0.3, 0.4) is 0 Å². The van der Waals surface area contributed by atoms with Gasteiger partial charge in [-0.3, -0.25) is 9.69 Å². The molecule has 7 heteroatoms. The number of nitrogens with one attached hydrogen (secondary N) is 1. The second-order valence-corrected chi connectivity index (χ2v) is 5.51. The van der Waals surface area contributed by atoms with E-state index in [0.717, 1.165) is 18.2 Å². The number of carbonyl (C=O) groups is 1. The Bertz CT molecular complexity index is 760. The summed E-state index contributed by atoms with van der Waals surface area (Å²) in [4.78, 5) is 14.0. The summed E-state index contributed by atoms with van der Waals surface area (Å²) in [5, 5.41) is 2.49. The molecule has 0 aliphatic carbocycles. The molecule has 130 valence electrons. The first-order chi connectivity index (χ1) is 12.1. The number of benzene rings is 1. The maximum absolute atomic E-state index is 13.2. The minimum atomic E-state index is -0.752. The fraction of sp³-hybridized carbons (Fsp3) is 0.167. The highest BCUT2D eigenvalue weighted by atomic mass is 19.1. The third-order valence-corrected chi connectivity index (χ3v) is 3.43. The van der Waals surface area contributed by atoms with Crippen molar-refractivity contribution in [1.82, 2.24) is 4.90 Å². The van der Waals surface area contributed by atoms with Gasteiger partial charge in [0.25, 0.3) is 0 Å². The summed E-state index contributed by atoms with van der Waals surface area (Å²) in [6, 6.07) is 9.99. The fourth-order valence-electron chi connectivity index (χ4n) is 2.44. The lowest BCUT2D eigenvalue weighted by molar-refractivity contribution is -0.117. The zero-order valence-corrected chi connectivity index (χ0v) is 13.2. The van der Waals surface area contributed by atoms with Crippen LogP contribution >= 0.6 is 0 Å². The molecule has 1 amide bonds. The summed E-state index contributed by atoms with van der Waals surface area (Å²) in [6.07, 6.45) is 3.10. The summed E-state index contributed by atoms with van der Waals surface area (Å²) < 4.78 is 37.1. The van der Waals surface area contributed by atoms with Crippen LogP contribution in [-0.4, -0.2) is 17.4 Å². The van der Waals surface area contributed by atoms with Gasteiger partial charge < -0.3 is 14.2 Å². The van der Waals surface area contributed by atoms with Crippen molar-refractivity contribution in [2.24, 2.45) is 0 Å². The highest BCUT2D eigenvalue weighted by Crippen LogP contribution is 2.14. The molecule has 3 rings (SSSR count). The largest absolute Gasteiger partial charge is 0.468 e. The molecular formula is C18H16F2N2O3. The van der Waals surface area contributed by atoms with Crippen LogP contribution in [0, 0.1) is 11.6 Å². The van der Waals surface area contributed by atoms with Crippen molar-refractivity contribution in [2.75, 3.05) is 11.9 Å². The Kier molecular flexibility index (Phi) is 5.25. The Morgan fingerprint density at radius 1 is 0.960 bits per heavy atom. The molecule has 0 radical (unpaired) electrons. The van der Waals surface area contributed by atoms with Crippen LogP contribution in [0.2, 0.25) is 0 Å². The van der Waals surface area contributed by atoms with E-state index in [2.05, 4.69) is 5.32 Å². The summed E-state index contributed by atoms with van der Waals surface area (Å²) in [5.41, 5.74) is 0.0680. The number of carbonyl (C=O) groups excluding carboxylic acids is 1. The molecule has 0 saturated heterocycles. The predicted octanol–water partition coefficient (Wildman–Crippen LogP) is 3.79. The SMILES string of the molecule is O=C(CN(Cc1ccco1)Cc1ccco1)Nc1cc(F)cc(F)c1. The maximum Gasteiger partial charge on any atom is 0.238 e. The number of nitrogens with zero attached hydrogens (tertiary/aromatic N) is 1. The number of furan rings is 2. The van der Waals surface area contributed by atoms with E-state index in [9.17, 15) is 13.6 Å². The van der Waals surface area contributed by atoms with Crippen molar-refractivity contribution in [3.05, 3.63) is 78.1 Å². The average molecular weight is 346 g/mol. The smallest absolute Gasteiger partial charge is 0.238 e. The number of amides is 1. The quantitative estimate of drug-likeness (QED) is 0.707. The minimum Gasteiger partial charge on any atom is -0.468 e. The zero-order valence-electron chi connectivity index (χ0n) is 13.2. The maximum atomic E-state index is 13.2. The van der Waals surface area contributed by atoms with E-state index in [4.69, 9.17) is 8.83 Å². The second kappa shape index (κ2) is 7.76. The van der Waals surface area contributed by atoms with Crippen LogP contribution < -0.4 is 5.32 Å². The van der Waals surface area contributed by atoms with Gasteiger partial charge in [-0.1, -0.05) is 0 Å². The minimum absolute atomic E-state index is 0.000464. The molecule has 3 aromatic rings. The number of rotatable bonds is 7. The van der Waals surface area contributed by atoms with Crippen LogP contribution in [0.5, 0.6) is 0 Å². The van der Waals surface area contributed by atoms with Crippen LogP contribution in [-0.2, 0) is 17.9 Å². The molecule has 2 heterocycles. The van der Waals surface area contributed by atoms with Crippen LogP contribution in [0.4, 0.5) is 14.5 Å². The van der Waals surface area contributed by atoms with Crippen molar-refractivity contribution in [1.29, 1.82) is 0 Å². The number of halogens is 2. The Morgan fingerprint density at radius 3 is 2.00 bits per heavy atom. The van der Waals surface area contributed by atoms with E-state index in [1.807, 2.05) is 0 Å². The molecule has 0 unspecified atom stereocenters. The van der Waals surface area contributed by atoms with Gasteiger partial charge in [0.15, 0.2) is 0 Å². The summed E-state index contributed by atoms with van der Waals surface area (Å²) in [7, 11) is 0. The van der Waals surface area contributed by atoms with Gasteiger partial charge in [-0.2, -0.15) is 0 Å². The third kappa shape index (κ3) is 5.02. The van der Waals surface area contributed by atoms with E-state index in [1.165, 1.54) is 0 Å². The van der Waals surface area contributed by atoms with E-state index in [-0.39, 0.29) is 12.2 Å². The molecule has 0 atom stereocenters. The van der Waals surface area contributed by atoms with Crippen LogP contribution in [0.1, 0.15) is 11.5 Å². The lowest BCUT2D eigenvalue weighted by atomic mass is 10.3. The van der Waals surface area contributed by atoms with Crippen molar-refractivity contribution >= 4 is 11.6 Å². The van der Waals surface area contributed by atoms with Crippen LogP contribution in [0.25, 0.3) is 0 Å². The molecule has 2 aromatic heterocycles. The van der Waals surface area contributed by atoms with E-state index >= 15 is 0 Å². The van der Waals surface area contributed by atoms with Gasteiger partial charge >= 0.3 is 0 Å². The fourth-order valence-corrected chi connectivity index (χ4v) is 2.44. The van der Waals surface area contributed by atoms with Crippen molar-refractivity contribution < 1.29 is 22.4 Å². The molecular weight excluding hydrogens is 330 g/mol. The molecule has 0 spiro atoms. The van der Waals surface area contributed by atoms with Gasteiger partial charge in [-0.25, -0.2) is 8.78 Å². The molecule has 0 aliphatic heterocycles. The molecule has 1 N–H and O–H groups in total. The Hall–Kier alpha value is -2.93. The molecule has 1 aromatic carbocycles. The molecule has 0 fully saturated rings. The van der Waals surface area contributed by atoms with Gasteiger partial charge in [0, 0.05) is 11.8 Å². The lowest BCUT2D eigenvalue weighted by Gasteiger charge is -2.19. The monoisotopic (exact) mass is 346 g/mol. The molecule has 0 bridgehead atoms. The first-order valence-electron chi connectivity index (χ1n) is 7.61. The van der Waals surface area contributed by atoms with Gasteiger partial charge in [-0.05, 0) is 36.4 Å². The predicted molar refractivity (Wildman–Crippen MR) is 86.5 cm³/mol. The van der Waals surface area contributed by atoms with Gasteiger partial charge in [0.1, 0.15) is 23.2 Å².